The van der Waals surface area contributed by atoms with Crippen LogP contribution in [0.5, 0.6) is 0 Å². The highest BCUT2D eigenvalue weighted by atomic mass is 16.6. The first-order chi connectivity index (χ1) is 7.26. The van der Waals surface area contributed by atoms with Crippen molar-refractivity contribution in [2.24, 2.45) is 0 Å². The van der Waals surface area contributed by atoms with Gasteiger partial charge in [-0.1, -0.05) is 0 Å². The van der Waals surface area contributed by atoms with Gasteiger partial charge in [0.1, 0.15) is 13.4 Å². The lowest BCUT2D eigenvalue weighted by Crippen LogP contribution is -2.47. The Morgan fingerprint density at radius 1 is 1.56 bits per heavy atom. The van der Waals surface area contributed by atoms with Crippen molar-refractivity contribution in [1.82, 2.24) is 4.90 Å². The van der Waals surface area contributed by atoms with Gasteiger partial charge in [0, 0.05) is 5.94 Å². The molecule has 1 amide bonds. The lowest BCUT2D eigenvalue weighted by molar-refractivity contribution is 0.0125. The second kappa shape index (κ2) is 4.63. The highest BCUT2D eigenvalue weighted by Gasteiger charge is 2.41. The number of nitrogens with zero attached hydrogens (tertiary/aromatic N) is 1. The normalized spacial score (nSPS) is 30.6. The molecule has 0 spiro atoms. The van der Waals surface area contributed by atoms with Gasteiger partial charge in [-0.15, -0.1) is 0 Å². The minimum absolute atomic E-state index is 0.152. The van der Waals surface area contributed by atoms with Crippen LogP contribution in [0.15, 0.2) is 0 Å². The molecule has 1 aliphatic rings. The smallest absolute Gasteiger partial charge is 0.410 e. The molecule has 1 fully saturated rings. The number of carbonyl (C=O) groups excluding carboxylic acids is 1. The molecule has 0 unspecified atom stereocenters. The zero-order valence-corrected chi connectivity index (χ0v) is 10.3. The Kier molecular flexibility index (Phi) is 3.86. The fourth-order valence-electron chi connectivity index (χ4n) is 1.90. The van der Waals surface area contributed by atoms with Gasteiger partial charge in [-0.25, -0.2) is 4.79 Å². The van der Waals surface area contributed by atoms with Gasteiger partial charge < -0.3 is 19.8 Å². The second-order valence-corrected chi connectivity index (χ2v) is 5.27. The van der Waals surface area contributed by atoms with Crippen LogP contribution < -0.4 is 0 Å². The van der Waals surface area contributed by atoms with Crippen molar-refractivity contribution in [3.8, 4) is 0 Å². The summed E-state index contributed by atoms with van der Waals surface area (Å²) in [6, 6.07) is -0.347. The molecule has 0 aromatic carbocycles. The van der Waals surface area contributed by atoms with Gasteiger partial charge in [0.05, 0.1) is 18.8 Å². The van der Waals surface area contributed by atoms with Crippen molar-refractivity contribution in [2.75, 3.05) is 6.61 Å². The van der Waals surface area contributed by atoms with Crippen molar-refractivity contribution < 1.29 is 19.7 Å². The van der Waals surface area contributed by atoms with E-state index in [0.29, 0.717) is 6.42 Å². The van der Waals surface area contributed by atoms with Crippen LogP contribution in [0, 0.1) is 0 Å². The minimum atomic E-state index is -0.593. The van der Waals surface area contributed by atoms with E-state index in [1.54, 1.807) is 28.6 Å². The van der Waals surface area contributed by atoms with E-state index < -0.39 is 17.8 Å². The fraction of sp³-hybridized carbons (Fsp3) is 0.900. The quantitative estimate of drug-likeness (QED) is 0.584. The largest absolute Gasteiger partial charge is 0.444 e. The molecule has 0 radical (unpaired) electrons. The van der Waals surface area contributed by atoms with Gasteiger partial charge in [-0.2, -0.15) is 0 Å². The maximum Gasteiger partial charge on any atom is 0.410 e. The third kappa shape index (κ3) is 2.89. The predicted octanol–water partition coefficient (Wildman–Crippen LogP) is -0.692. The molecule has 92 valence electrons. The van der Waals surface area contributed by atoms with Crippen LogP contribution in [0.2, 0.25) is 0 Å². The summed E-state index contributed by atoms with van der Waals surface area (Å²) in [5.74, 6) is -0.313. The highest BCUT2D eigenvalue weighted by molar-refractivity contribution is 6.13. The summed E-state index contributed by atoms with van der Waals surface area (Å²) in [6.07, 6.45) is -0.669. The maximum absolute atomic E-state index is 11.9. The van der Waals surface area contributed by atoms with Gasteiger partial charge in [0.2, 0.25) is 0 Å². The highest BCUT2D eigenvalue weighted by Crippen LogP contribution is 2.25. The molecular formula is C10H20BNO4. The molecule has 0 saturated carbocycles. The summed E-state index contributed by atoms with van der Waals surface area (Å²) in [6.45, 7) is 5.21. The lowest BCUT2D eigenvalue weighted by Gasteiger charge is -2.30. The van der Waals surface area contributed by atoms with Crippen molar-refractivity contribution in [3.05, 3.63) is 0 Å². The summed E-state index contributed by atoms with van der Waals surface area (Å²) in [7, 11) is 1.75. The van der Waals surface area contributed by atoms with Crippen LogP contribution in [0.25, 0.3) is 0 Å². The molecule has 1 aliphatic heterocycles. The molecule has 1 rings (SSSR count). The summed E-state index contributed by atoms with van der Waals surface area (Å²) in [5, 5.41) is 18.8. The first-order valence-corrected chi connectivity index (χ1v) is 5.56. The van der Waals surface area contributed by atoms with Gasteiger partial charge in [-0.05, 0) is 27.2 Å². The zero-order valence-electron chi connectivity index (χ0n) is 10.3. The Bertz CT molecular complexity index is 266. The van der Waals surface area contributed by atoms with E-state index in [1.165, 1.54) is 4.90 Å². The molecule has 2 N–H and O–H groups in total. The molecule has 0 aromatic rings. The molecule has 1 heterocycles. The van der Waals surface area contributed by atoms with Crippen LogP contribution in [0.3, 0.4) is 0 Å². The van der Waals surface area contributed by atoms with Gasteiger partial charge in [-0.3, -0.25) is 0 Å². The van der Waals surface area contributed by atoms with E-state index in [1.807, 2.05) is 0 Å². The third-order valence-corrected chi connectivity index (χ3v) is 2.72. The Hall–Kier alpha value is -0.745. The molecule has 3 atom stereocenters. The van der Waals surface area contributed by atoms with Crippen LogP contribution in [0.1, 0.15) is 27.2 Å². The monoisotopic (exact) mass is 229 g/mol. The van der Waals surface area contributed by atoms with Crippen LogP contribution in [0.4, 0.5) is 4.79 Å². The molecule has 1 saturated heterocycles. The van der Waals surface area contributed by atoms with Crippen LogP contribution in [-0.2, 0) is 4.74 Å². The number of hydrogen-bond acceptors (Lipinski definition) is 4. The third-order valence-electron chi connectivity index (χ3n) is 2.72. The fourth-order valence-corrected chi connectivity index (χ4v) is 1.90. The average Bonchev–Trinajstić information content (AvgIpc) is 2.40. The molecule has 0 aromatic heterocycles. The number of aliphatic hydroxyl groups excluding tert-OH is 2. The first kappa shape index (κ1) is 13.3. The maximum atomic E-state index is 11.9. The number of likely N-dealkylation sites (tertiary alicyclic amines) is 1. The Morgan fingerprint density at radius 2 is 2.12 bits per heavy atom. The number of aliphatic hydroxyl groups is 2. The molecule has 5 nitrogen and oxygen atoms in total. The average molecular weight is 229 g/mol. The molecule has 6 heteroatoms. The number of ether oxygens (including phenoxy) is 1. The van der Waals surface area contributed by atoms with E-state index in [2.05, 4.69) is 0 Å². The Balaban J connectivity index is 2.73. The van der Waals surface area contributed by atoms with E-state index >= 15 is 0 Å². The number of carbonyl (C=O) groups is 1. The lowest BCUT2D eigenvalue weighted by atomic mass is 9.92. The molecule has 16 heavy (non-hydrogen) atoms. The van der Waals surface area contributed by atoms with Crippen molar-refractivity contribution in [3.63, 3.8) is 0 Å². The van der Waals surface area contributed by atoms with Gasteiger partial charge in [0.25, 0.3) is 0 Å². The van der Waals surface area contributed by atoms with E-state index in [4.69, 9.17) is 9.84 Å². The Morgan fingerprint density at radius 3 is 2.56 bits per heavy atom. The summed E-state index contributed by atoms with van der Waals surface area (Å²) < 4.78 is 5.24. The summed E-state index contributed by atoms with van der Waals surface area (Å²) in [5.41, 5.74) is -0.565. The SMILES string of the molecule is B[C@H]1[C@H](O)C[C@@H](CO)N1C(=O)OC(C)(C)C. The number of rotatable bonds is 1. The van der Waals surface area contributed by atoms with Crippen LogP contribution in [-0.4, -0.2) is 59.3 Å². The van der Waals surface area contributed by atoms with E-state index in [-0.39, 0.29) is 18.6 Å². The van der Waals surface area contributed by atoms with Gasteiger partial charge >= 0.3 is 6.09 Å². The standard InChI is InChI=1S/C10H20BNO4/c1-10(2,3)16-9(15)12-6(5-13)4-7(14)8(12)11/h6-8,13-14H,4-5,11H2,1-3H3/t6-,7+,8+/m0/s1. The minimum Gasteiger partial charge on any atom is -0.444 e. The summed E-state index contributed by atoms with van der Waals surface area (Å²) in [4.78, 5) is 13.3. The summed E-state index contributed by atoms with van der Waals surface area (Å²) >= 11 is 0. The van der Waals surface area contributed by atoms with Crippen molar-refractivity contribution >= 4 is 13.9 Å². The second-order valence-electron chi connectivity index (χ2n) is 5.27. The van der Waals surface area contributed by atoms with Crippen LogP contribution >= 0.6 is 0 Å². The zero-order chi connectivity index (χ0) is 12.5. The molecular weight excluding hydrogens is 209 g/mol. The Labute approximate surface area is 96.8 Å². The van der Waals surface area contributed by atoms with E-state index in [9.17, 15) is 9.90 Å². The number of amides is 1. The number of hydrogen-bond donors (Lipinski definition) is 2. The molecule has 0 aliphatic carbocycles. The van der Waals surface area contributed by atoms with E-state index in [0.717, 1.165) is 0 Å². The predicted molar refractivity (Wildman–Crippen MR) is 61.9 cm³/mol. The first-order valence-electron chi connectivity index (χ1n) is 5.56. The molecule has 0 bridgehead atoms. The van der Waals surface area contributed by atoms with Crippen molar-refractivity contribution in [2.45, 2.75) is 50.9 Å². The topological polar surface area (TPSA) is 70.0 Å². The van der Waals surface area contributed by atoms with Gasteiger partial charge in [0.15, 0.2) is 0 Å². The van der Waals surface area contributed by atoms with Crippen molar-refractivity contribution in [1.29, 1.82) is 0 Å².